The van der Waals surface area contributed by atoms with E-state index in [-0.39, 0.29) is 19.0 Å². The zero-order valence-electron chi connectivity index (χ0n) is 12.2. The number of carbonyl (C=O) groups is 1. The number of nitrogens with two attached hydrogens (primary N) is 1. The van der Waals surface area contributed by atoms with Crippen molar-refractivity contribution in [2.45, 2.75) is 20.0 Å². The van der Waals surface area contributed by atoms with Crippen LogP contribution in [0, 0.1) is 0 Å². The first-order valence-electron chi connectivity index (χ1n) is 6.39. The number of nitrogens with one attached hydrogen (secondary N) is 5. The predicted molar refractivity (Wildman–Crippen MR) is 80.8 cm³/mol. The Morgan fingerprint density at radius 1 is 0.957 bits per heavy atom. The minimum atomic E-state index is -0.576. The van der Waals surface area contributed by atoms with Crippen LogP contribution in [-0.2, 0) is 17.9 Å². The molecular weight excluding hydrogens is 308 g/mol. The van der Waals surface area contributed by atoms with Crippen LogP contribution >= 0.6 is 0 Å². The van der Waals surface area contributed by atoms with Gasteiger partial charge in [0, 0.05) is 37.0 Å². The monoisotopic (exact) mass is 324 g/mol. The van der Waals surface area contributed by atoms with Gasteiger partial charge in [0.25, 0.3) is 11.1 Å². The van der Waals surface area contributed by atoms with Crippen LogP contribution in [-0.4, -0.2) is 25.8 Å². The Morgan fingerprint density at radius 2 is 1.43 bits per heavy atom. The number of amides is 1. The summed E-state index contributed by atoms with van der Waals surface area (Å²) in [5.41, 5.74) is 3.98. The normalized spacial score (nSPS) is 9.65. The van der Waals surface area contributed by atoms with E-state index in [1.807, 2.05) is 9.97 Å². The highest BCUT2D eigenvalue weighted by molar-refractivity contribution is 5.72. The van der Waals surface area contributed by atoms with Crippen molar-refractivity contribution in [3.8, 4) is 0 Å². The molecule has 0 saturated carbocycles. The molecule has 0 bridgehead atoms. The Morgan fingerprint density at radius 3 is 1.87 bits per heavy atom. The molecule has 0 fully saturated rings. The second-order valence-corrected chi connectivity index (χ2v) is 4.34. The smallest absolute Gasteiger partial charge is 0.325 e. The lowest BCUT2D eigenvalue weighted by Gasteiger charge is -1.99. The van der Waals surface area contributed by atoms with E-state index in [4.69, 9.17) is 5.73 Å². The lowest BCUT2D eigenvalue weighted by Crippen LogP contribution is -2.27. The lowest BCUT2D eigenvalue weighted by atomic mass is 10.4. The van der Waals surface area contributed by atoms with Crippen molar-refractivity contribution in [1.29, 1.82) is 0 Å². The van der Waals surface area contributed by atoms with Crippen molar-refractivity contribution in [3.63, 3.8) is 0 Å². The average Bonchev–Trinajstić information content (AvgIpc) is 2.43. The second-order valence-electron chi connectivity index (χ2n) is 4.34. The number of rotatable bonds is 3. The van der Waals surface area contributed by atoms with E-state index in [9.17, 15) is 24.0 Å². The van der Waals surface area contributed by atoms with E-state index < -0.39 is 22.5 Å². The first-order chi connectivity index (χ1) is 10.8. The summed E-state index contributed by atoms with van der Waals surface area (Å²) in [4.78, 5) is 61.8. The Hall–Kier alpha value is -3.21. The van der Waals surface area contributed by atoms with Crippen LogP contribution in [0.15, 0.2) is 31.3 Å². The molecule has 0 aliphatic heterocycles. The molecule has 11 nitrogen and oxygen atoms in total. The minimum absolute atomic E-state index is 0.147. The Bertz CT molecular complexity index is 833. The first kappa shape index (κ1) is 17.8. The van der Waals surface area contributed by atoms with E-state index in [0.717, 1.165) is 0 Å². The molecular formula is C12H16N6O5. The van der Waals surface area contributed by atoms with Gasteiger partial charge in [-0.15, -0.1) is 0 Å². The van der Waals surface area contributed by atoms with Gasteiger partial charge >= 0.3 is 11.4 Å². The van der Waals surface area contributed by atoms with E-state index in [0.29, 0.717) is 11.4 Å². The van der Waals surface area contributed by atoms with Gasteiger partial charge in [-0.1, -0.05) is 0 Å². The molecule has 23 heavy (non-hydrogen) atoms. The van der Waals surface area contributed by atoms with E-state index in [1.54, 1.807) is 0 Å². The molecule has 0 aliphatic carbocycles. The van der Waals surface area contributed by atoms with E-state index in [1.165, 1.54) is 19.1 Å². The minimum Gasteiger partial charge on any atom is -0.351 e. The highest BCUT2D eigenvalue weighted by Gasteiger charge is 1.97. The molecule has 0 aliphatic rings. The molecule has 1 amide bonds. The fraction of sp³-hybridized carbons (Fsp3) is 0.250. The fourth-order valence-electron chi connectivity index (χ4n) is 1.46. The molecule has 7 N–H and O–H groups in total. The molecule has 2 rings (SSSR count). The van der Waals surface area contributed by atoms with E-state index >= 15 is 0 Å². The van der Waals surface area contributed by atoms with Gasteiger partial charge in [-0.25, -0.2) is 9.59 Å². The van der Waals surface area contributed by atoms with Crippen LogP contribution in [0.5, 0.6) is 0 Å². The van der Waals surface area contributed by atoms with Gasteiger partial charge in [0.2, 0.25) is 5.91 Å². The molecule has 11 heteroatoms. The molecule has 124 valence electrons. The molecule has 0 unspecified atom stereocenters. The maximum atomic E-state index is 10.8. The van der Waals surface area contributed by atoms with Gasteiger partial charge in [-0.05, 0) is 0 Å². The molecule has 0 spiro atoms. The third-order valence-corrected chi connectivity index (χ3v) is 2.38. The number of hydrogen-bond acceptors (Lipinski definition) is 6. The van der Waals surface area contributed by atoms with Crippen LogP contribution in [0.25, 0.3) is 0 Å². The Balaban J connectivity index is 0.000000238. The van der Waals surface area contributed by atoms with Crippen LogP contribution in [0.2, 0.25) is 0 Å². The Kier molecular flexibility index (Phi) is 6.43. The number of carbonyl (C=O) groups excluding carboxylic acids is 1. The molecule has 2 heterocycles. The number of aromatic nitrogens is 4. The van der Waals surface area contributed by atoms with Crippen molar-refractivity contribution in [3.05, 3.63) is 65.2 Å². The van der Waals surface area contributed by atoms with Gasteiger partial charge in [0.1, 0.15) is 0 Å². The van der Waals surface area contributed by atoms with Gasteiger partial charge in [0.05, 0.1) is 6.54 Å². The van der Waals surface area contributed by atoms with Crippen molar-refractivity contribution in [2.75, 3.05) is 0 Å². The van der Waals surface area contributed by atoms with Gasteiger partial charge in [-0.3, -0.25) is 24.4 Å². The summed E-state index contributed by atoms with van der Waals surface area (Å²) in [6, 6.07) is 2.47. The van der Waals surface area contributed by atoms with E-state index in [2.05, 4.69) is 15.3 Å². The summed E-state index contributed by atoms with van der Waals surface area (Å²) in [6.45, 7) is 1.67. The summed E-state index contributed by atoms with van der Waals surface area (Å²) in [5, 5.41) is 2.45. The topological polar surface area (TPSA) is 187 Å². The summed E-state index contributed by atoms with van der Waals surface area (Å²) in [6.07, 6.45) is 0. The maximum absolute atomic E-state index is 10.8. The number of aromatic amines is 4. The quantitative estimate of drug-likeness (QED) is 0.354. The third kappa shape index (κ3) is 6.86. The lowest BCUT2D eigenvalue weighted by molar-refractivity contribution is -0.119. The SMILES string of the molecule is CC(=O)NCc1cc(=O)[nH]c(=O)[nH]1.NCc1cc(=O)[nH]c(=O)[nH]1. The zero-order chi connectivity index (χ0) is 17.4. The second kappa shape index (κ2) is 8.29. The molecule has 0 aromatic carbocycles. The number of hydrogen-bond donors (Lipinski definition) is 6. The third-order valence-electron chi connectivity index (χ3n) is 2.38. The molecule has 2 aromatic rings. The highest BCUT2D eigenvalue weighted by atomic mass is 16.2. The maximum Gasteiger partial charge on any atom is 0.325 e. The van der Waals surface area contributed by atoms with Crippen molar-refractivity contribution in [2.24, 2.45) is 5.73 Å². The first-order valence-corrected chi connectivity index (χ1v) is 6.39. The van der Waals surface area contributed by atoms with Crippen LogP contribution in [0.4, 0.5) is 0 Å². The largest absolute Gasteiger partial charge is 0.351 e. The van der Waals surface area contributed by atoms with Crippen molar-refractivity contribution < 1.29 is 4.79 Å². The van der Waals surface area contributed by atoms with Crippen LogP contribution in [0.1, 0.15) is 18.3 Å². The van der Waals surface area contributed by atoms with Gasteiger partial charge in [0.15, 0.2) is 0 Å². The average molecular weight is 324 g/mol. The fourth-order valence-corrected chi connectivity index (χ4v) is 1.46. The summed E-state index contributed by atoms with van der Waals surface area (Å²) < 4.78 is 0. The van der Waals surface area contributed by atoms with Crippen molar-refractivity contribution in [1.82, 2.24) is 25.3 Å². The van der Waals surface area contributed by atoms with Gasteiger partial charge in [-0.2, -0.15) is 0 Å². The zero-order valence-corrected chi connectivity index (χ0v) is 12.2. The van der Waals surface area contributed by atoms with Crippen LogP contribution in [0.3, 0.4) is 0 Å². The summed E-state index contributed by atoms with van der Waals surface area (Å²) in [5.74, 6) is -0.221. The Labute approximate surface area is 128 Å². The molecule has 0 atom stereocenters. The van der Waals surface area contributed by atoms with Crippen LogP contribution < -0.4 is 33.5 Å². The summed E-state index contributed by atoms with van der Waals surface area (Å²) >= 11 is 0. The molecule has 0 saturated heterocycles. The molecule has 2 aromatic heterocycles. The molecule has 0 radical (unpaired) electrons. The highest BCUT2D eigenvalue weighted by Crippen LogP contribution is 1.82. The number of H-pyrrole nitrogens is 4. The summed E-state index contributed by atoms with van der Waals surface area (Å²) in [7, 11) is 0. The predicted octanol–water partition coefficient (Wildman–Crippen LogP) is -2.78. The standard InChI is InChI=1S/C7H9N3O3.C5H7N3O2/c1-4(11)8-3-5-2-6(12)10-7(13)9-5;6-2-3-1-4(9)8-5(10)7-3/h2H,3H2,1H3,(H,8,11)(H2,9,10,12,13);1H,2,6H2,(H2,7,8,9,10). The van der Waals surface area contributed by atoms with Gasteiger partial charge < -0.3 is 21.0 Å². The van der Waals surface area contributed by atoms with Crippen molar-refractivity contribution >= 4 is 5.91 Å².